The summed E-state index contributed by atoms with van der Waals surface area (Å²) < 4.78 is 26.9. The Morgan fingerprint density at radius 2 is 2.05 bits per heavy atom. The van der Waals surface area contributed by atoms with Crippen LogP contribution in [-0.4, -0.2) is 23.2 Å². The number of hydrogen-bond acceptors (Lipinski definition) is 2. The minimum Gasteiger partial charge on any atom is -0.394 e. The van der Waals surface area contributed by atoms with Crippen molar-refractivity contribution in [2.75, 3.05) is 6.61 Å². The minimum atomic E-state index is -0.509. The molecule has 2 saturated carbocycles. The quantitative estimate of drug-likeness (QED) is 0.896. The average molecular weight is 295 g/mol. The Bertz CT molecular complexity index is 555. The summed E-state index contributed by atoms with van der Waals surface area (Å²) in [6.07, 6.45) is 4.08. The van der Waals surface area contributed by atoms with Crippen molar-refractivity contribution in [2.24, 2.45) is 5.92 Å². The highest BCUT2D eigenvalue weighted by Crippen LogP contribution is 2.49. The second-order valence-corrected chi connectivity index (χ2v) is 6.25. The Morgan fingerprint density at radius 3 is 2.71 bits per heavy atom. The highest BCUT2D eigenvalue weighted by atomic mass is 19.1. The second-order valence-electron chi connectivity index (χ2n) is 6.25. The molecular formula is C16H19F2NO2. The van der Waals surface area contributed by atoms with Crippen LogP contribution in [0.4, 0.5) is 8.78 Å². The van der Waals surface area contributed by atoms with Crippen molar-refractivity contribution < 1.29 is 18.7 Å². The van der Waals surface area contributed by atoms with Crippen molar-refractivity contribution in [2.45, 2.75) is 43.6 Å². The van der Waals surface area contributed by atoms with Gasteiger partial charge >= 0.3 is 0 Å². The monoisotopic (exact) mass is 295 g/mol. The van der Waals surface area contributed by atoms with Crippen LogP contribution in [-0.2, 0) is 4.79 Å². The van der Waals surface area contributed by atoms with Crippen molar-refractivity contribution in [1.29, 1.82) is 0 Å². The minimum absolute atomic E-state index is 0.0650. The number of halogens is 2. The van der Waals surface area contributed by atoms with Crippen molar-refractivity contribution in [3.8, 4) is 0 Å². The van der Waals surface area contributed by atoms with Crippen LogP contribution in [0.25, 0.3) is 0 Å². The van der Waals surface area contributed by atoms with Gasteiger partial charge in [0.1, 0.15) is 11.6 Å². The summed E-state index contributed by atoms with van der Waals surface area (Å²) in [7, 11) is 0. The number of amides is 1. The number of aliphatic hydroxyl groups is 1. The molecule has 3 rings (SSSR count). The van der Waals surface area contributed by atoms with Gasteiger partial charge in [-0.05, 0) is 48.9 Å². The first-order valence-corrected chi connectivity index (χ1v) is 7.42. The third kappa shape index (κ3) is 2.79. The lowest BCUT2D eigenvalue weighted by Crippen LogP contribution is -2.49. The van der Waals surface area contributed by atoms with E-state index in [1.165, 1.54) is 6.07 Å². The smallest absolute Gasteiger partial charge is 0.224 e. The van der Waals surface area contributed by atoms with Crippen molar-refractivity contribution in [1.82, 2.24) is 5.32 Å². The van der Waals surface area contributed by atoms with E-state index in [-0.39, 0.29) is 29.9 Å². The van der Waals surface area contributed by atoms with E-state index in [4.69, 9.17) is 0 Å². The van der Waals surface area contributed by atoms with E-state index in [2.05, 4.69) is 5.32 Å². The molecule has 114 valence electrons. The maximum atomic E-state index is 13.7. The molecule has 0 spiro atoms. The topological polar surface area (TPSA) is 49.3 Å². The maximum absolute atomic E-state index is 13.7. The van der Waals surface area contributed by atoms with E-state index < -0.39 is 17.2 Å². The summed E-state index contributed by atoms with van der Waals surface area (Å²) >= 11 is 0. The predicted octanol–water partition coefficient (Wildman–Crippen LogP) is 2.49. The molecule has 2 unspecified atom stereocenters. The summed E-state index contributed by atoms with van der Waals surface area (Å²) in [5, 5.41) is 12.4. The summed E-state index contributed by atoms with van der Waals surface area (Å²) in [6, 6.07) is 3.35. The zero-order valence-electron chi connectivity index (χ0n) is 11.7. The number of benzene rings is 1. The molecule has 0 radical (unpaired) electrons. The Balaban J connectivity index is 1.67. The van der Waals surface area contributed by atoms with Crippen LogP contribution in [0.15, 0.2) is 18.2 Å². The molecule has 2 atom stereocenters. The van der Waals surface area contributed by atoms with Crippen LogP contribution in [0.2, 0.25) is 0 Å². The van der Waals surface area contributed by atoms with E-state index in [0.717, 1.165) is 37.8 Å². The summed E-state index contributed by atoms with van der Waals surface area (Å²) in [6.45, 7) is -0.0650. The number of carbonyl (C=O) groups is 1. The normalized spacial score (nSPS) is 26.6. The Hall–Kier alpha value is -1.49. The van der Waals surface area contributed by atoms with Crippen LogP contribution in [0, 0.1) is 17.6 Å². The molecular weight excluding hydrogens is 276 g/mol. The number of rotatable bonds is 4. The van der Waals surface area contributed by atoms with Gasteiger partial charge in [-0.15, -0.1) is 0 Å². The molecule has 0 aliphatic heterocycles. The van der Waals surface area contributed by atoms with Crippen molar-refractivity contribution >= 4 is 5.91 Å². The SMILES string of the molecule is O=C(NC1(CO)CCCC1)C1CC1c1cc(F)ccc1F. The third-order valence-corrected chi connectivity index (χ3v) is 4.74. The first kappa shape index (κ1) is 14.4. The molecule has 2 fully saturated rings. The van der Waals surface area contributed by atoms with E-state index >= 15 is 0 Å². The van der Waals surface area contributed by atoms with E-state index in [9.17, 15) is 18.7 Å². The van der Waals surface area contributed by atoms with Gasteiger partial charge < -0.3 is 10.4 Å². The lowest BCUT2D eigenvalue weighted by Gasteiger charge is -2.28. The molecule has 21 heavy (non-hydrogen) atoms. The lowest BCUT2D eigenvalue weighted by molar-refractivity contribution is -0.124. The maximum Gasteiger partial charge on any atom is 0.224 e. The van der Waals surface area contributed by atoms with Crippen LogP contribution in [0.1, 0.15) is 43.6 Å². The number of hydrogen-bond donors (Lipinski definition) is 2. The molecule has 0 heterocycles. The number of nitrogens with one attached hydrogen (secondary N) is 1. The Kier molecular flexibility index (Phi) is 3.69. The van der Waals surface area contributed by atoms with Gasteiger partial charge in [-0.25, -0.2) is 8.78 Å². The van der Waals surface area contributed by atoms with E-state index in [1.54, 1.807) is 0 Å². The van der Waals surface area contributed by atoms with Gasteiger partial charge in [0.15, 0.2) is 0 Å². The molecule has 0 aromatic heterocycles. The van der Waals surface area contributed by atoms with Crippen molar-refractivity contribution in [3.05, 3.63) is 35.4 Å². The van der Waals surface area contributed by atoms with E-state index in [1.807, 2.05) is 0 Å². The predicted molar refractivity (Wildman–Crippen MR) is 73.6 cm³/mol. The standard InChI is InChI=1S/C16H19F2NO2/c17-10-3-4-14(18)12(7-10)11-8-13(11)15(21)19-16(9-20)5-1-2-6-16/h3-4,7,11,13,20H,1-2,5-6,8-9H2,(H,19,21). The second kappa shape index (κ2) is 5.37. The van der Waals surface area contributed by atoms with E-state index in [0.29, 0.717) is 6.42 Å². The number of aliphatic hydroxyl groups excluding tert-OH is 1. The first-order chi connectivity index (χ1) is 10.0. The number of carbonyl (C=O) groups excluding carboxylic acids is 1. The van der Waals surface area contributed by atoms with Gasteiger partial charge in [-0.2, -0.15) is 0 Å². The highest BCUT2D eigenvalue weighted by Gasteiger charge is 2.47. The van der Waals surface area contributed by atoms with Crippen molar-refractivity contribution in [3.63, 3.8) is 0 Å². The molecule has 3 nitrogen and oxygen atoms in total. The molecule has 2 aliphatic rings. The van der Waals surface area contributed by atoms with Gasteiger partial charge in [0, 0.05) is 5.92 Å². The first-order valence-electron chi connectivity index (χ1n) is 7.42. The fraction of sp³-hybridized carbons (Fsp3) is 0.562. The lowest BCUT2D eigenvalue weighted by atomic mass is 9.98. The average Bonchev–Trinajstić information content (AvgIpc) is 3.14. The van der Waals surface area contributed by atoms with Gasteiger partial charge in [-0.3, -0.25) is 4.79 Å². The highest BCUT2D eigenvalue weighted by molar-refractivity contribution is 5.83. The van der Waals surface area contributed by atoms with Crippen LogP contribution in [0.5, 0.6) is 0 Å². The third-order valence-electron chi connectivity index (χ3n) is 4.74. The van der Waals surface area contributed by atoms with Gasteiger partial charge in [-0.1, -0.05) is 12.8 Å². The summed E-state index contributed by atoms with van der Waals surface area (Å²) in [5.74, 6) is -1.67. The van der Waals surface area contributed by atoms with Crippen LogP contribution >= 0.6 is 0 Å². The molecule has 2 aliphatic carbocycles. The van der Waals surface area contributed by atoms with Gasteiger partial charge in [0.05, 0.1) is 12.1 Å². The molecule has 2 N–H and O–H groups in total. The largest absolute Gasteiger partial charge is 0.394 e. The molecule has 1 aromatic carbocycles. The fourth-order valence-electron chi connectivity index (χ4n) is 3.36. The molecule has 0 bridgehead atoms. The van der Waals surface area contributed by atoms with Gasteiger partial charge in [0.25, 0.3) is 0 Å². The van der Waals surface area contributed by atoms with Crippen LogP contribution < -0.4 is 5.32 Å². The fourth-order valence-corrected chi connectivity index (χ4v) is 3.36. The zero-order chi connectivity index (χ0) is 15.0. The van der Waals surface area contributed by atoms with Gasteiger partial charge in [0.2, 0.25) is 5.91 Å². The molecule has 1 aromatic rings. The summed E-state index contributed by atoms with van der Waals surface area (Å²) in [4.78, 5) is 12.3. The molecule has 5 heteroatoms. The Labute approximate surface area is 122 Å². The zero-order valence-corrected chi connectivity index (χ0v) is 11.7. The molecule has 1 amide bonds. The Morgan fingerprint density at radius 1 is 1.33 bits per heavy atom. The molecule has 0 saturated heterocycles. The summed E-state index contributed by atoms with van der Waals surface area (Å²) in [5.41, 5.74) is -0.232. The van der Waals surface area contributed by atoms with Crippen LogP contribution in [0.3, 0.4) is 0 Å².